The molecule has 0 aliphatic heterocycles. The van der Waals surface area contributed by atoms with Gasteiger partial charge in [-0.15, -0.1) is 11.3 Å². The maximum Gasteiger partial charge on any atom is 0.411 e. The normalized spacial score (nSPS) is 10.3. The molecule has 7 heteroatoms. The van der Waals surface area contributed by atoms with Gasteiger partial charge in [0.2, 0.25) is 0 Å². The molecule has 0 aliphatic rings. The zero-order valence-electron chi connectivity index (χ0n) is 12.4. The van der Waals surface area contributed by atoms with Gasteiger partial charge in [0.1, 0.15) is 5.01 Å². The molecule has 3 rings (SSSR count). The molecule has 0 unspecified atom stereocenters. The molecule has 1 amide bonds. The first-order chi connectivity index (χ1) is 11.2. The lowest BCUT2D eigenvalue weighted by atomic mass is 10.2. The van der Waals surface area contributed by atoms with Crippen LogP contribution in [0, 0.1) is 0 Å². The highest BCUT2D eigenvalue weighted by molar-refractivity contribution is 7.15. The Labute approximate surface area is 142 Å². The van der Waals surface area contributed by atoms with Crippen LogP contribution in [-0.4, -0.2) is 18.2 Å². The van der Waals surface area contributed by atoms with Crippen molar-refractivity contribution in [1.82, 2.24) is 4.98 Å². The first-order valence-corrected chi connectivity index (χ1v) is 8.67. The third-order valence-electron chi connectivity index (χ3n) is 3.08. The van der Waals surface area contributed by atoms with Gasteiger partial charge in [0.05, 0.1) is 13.7 Å². The van der Waals surface area contributed by atoms with Crippen LogP contribution < -0.4 is 10.6 Å². The minimum Gasteiger partial charge on any atom is -0.453 e. The minimum absolute atomic E-state index is 0.481. The van der Waals surface area contributed by atoms with E-state index in [4.69, 9.17) is 0 Å². The van der Waals surface area contributed by atoms with Crippen LogP contribution in [-0.2, 0) is 11.3 Å². The molecule has 2 aromatic heterocycles. The van der Waals surface area contributed by atoms with E-state index in [1.54, 1.807) is 22.7 Å². The van der Waals surface area contributed by atoms with E-state index in [1.165, 1.54) is 7.11 Å². The lowest BCUT2D eigenvalue weighted by Crippen LogP contribution is -2.11. The molecule has 0 saturated heterocycles. The molecule has 118 valence electrons. The van der Waals surface area contributed by atoms with Crippen LogP contribution in [0.1, 0.15) is 4.88 Å². The number of hydrogen-bond donors (Lipinski definition) is 2. The molecule has 2 N–H and O–H groups in total. The SMILES string of the molecule is COC(=O)Nc1cccc(NCc2cnc(-c3ccsc3)s2)c1. The Balaban J connectivity index is 1.62. The fraction of sp³-hybridized carbons (Fsp3) is 0.125. The Morgan fingerprint density at radius 1 is 1.30 bits per heavy atom. The topological polar surface area (TPSA) is 63.2 Å². The van der Waals surface area contributed by atoms with Crippen LogP contribution in [0.4, 0.5) is 16.2 Å². The average Bonchev–Trinajstić information content (AvgIpc) is 3.24. The van der Waals surface area contributed by atoms with E-state index in [0.29, 0.717) is 12.2 Å². The van der Waals surface area contributed by atoms with Crippen LogP contribution in [0.3, 0.4) is 0 Å². The number of methoxy groups -OCH3 is 1. The second-order valence-electron chi connectivity index (χ2n) is 4.69. The van der Waals surface area contributed by atoms with Gasteiger partial charge >= 0.3 is 6.09 Å². The van der Waals surface area contributed by atoms with Crippen LogP contribution in [0.5, 0.6) is 0 Å². The number of anilines is 2. The number of thiophene rings is 1. The Bertz CT molecular complexity index is 784. The number of nitrogens with one attached hydrogen (secondary N) is 2. The third-order valence-corrected chi connectivity index (χ3v) is 4.81. The molecule has 3 aromatic rings. The largest absolute Gasteiger partial charge is 0.453 e. The number of aromatic nitrogens is 1. The van der Waals surface area contributed by atoms with Crippen molar-refractivity contribution in [2.45, 2.75) is 6.54 Å². The van der Waals surface area contributed by atoms with Crippen molar-refractivity contribution in [2.75, 3.05) is 17.7 Å². The second-order valence-corrected chi connectivity index (χ2v) is 6.59. The fourth-order valence-electron chi connectivity index (χ4n) is 1.97. The van der Waals surface area contributed by atoms with E-state index in [1.807, 2.05) is 30.5 Å². The summed E-state index contributed by atoms with van der Waals surface area (Å²) >= 11 is 3.34. The summed E-state index contributed by atoms with van der Waals surface area (Å²) in [5.41, 5.74) is 2.77. The van der Waals surface area contributed by atoms with Crippen LogP contribution in [0.25, 0.3) is 10.6 Å². The summed E-state index contributed by atoms with van der Waals surface area (Å²) in [6, 6.07) is 9.56. The molecule has 0 radical (unpaired) electrons. The van der Waals surface area contributed by atoms with Crippen molar-refractivity contribution in [3.63, 3.8) is 0 Å². The summed E-state index contributed by atoms with van der Waals surface area (Å²) in [4.78, 5) is 16.8. The highest BCUT2D eigenvalue weighted by atomic mass is 32.1. The van der Waals surface area contributed by atoms with Crippen molar-refractivity contribution in [3.05, 3.63) is 52.2 Å². The fourth-order valence-corrected chi connectivity index (χ4v) is 3.54. The first-order valence-electron chi connectivity index (χ1n) is 6.91. The summed E-state index contributed by atoms with van der Waals surface area (Å²) in [7, 11) is 1.34. The molecule has 23 heavy (non-hydrogen) atoms. The number of nitrogens with zero attached hydrogens (tertiary/aromatic N) is 1. The summed E-state index contributed by atoms with van der Waals surface area (Å²) in [5.74, 6) is 0. The molecular weight excluding hydrogens is 330 g/mol. The molecule has 0 spiro atoms. The summed E-state index contributed by atoms with van der Waals surface area (Å²) in [5, 5.41) is 11.2. The number of benzene rings is 1. The number of ether oxygens (including phenoxy) is 1. The Morgan fingerprint density at radius 3 is 2.96 bits per heavy atom. The van der Waals surface area contributed by atoms with Gasteiger partial charge in [-0.05, 0) is 29.6 Å². The van der Waals surface area contributed by atoms with Crippen LogP contribution in [0.15, 0.2) is 47.3 Å². The first kappa shape index (κ1) is 15.5. The number of thiazole rings is 1. The maximum atomic E-state index is 11.2. The quantitative estimate of drug-likeness (QED) is 0.706. The van der Waals surface area contributed by atoms with Crippen molar-refractivity contribution < 1.29 is 9.53 Å². The standard InChI is InChI=1S/C16H15N3O2S2/c1-21-16(20)19-13-4-2-3-12(7-13)17-8-14-9-18-15(23-14)11-5-6-22-10-11/h2-7,9-10,17H,8H2,1H3,(H,19,20). The molecule has 5 nitrogen and oxygen atoms in total. The average molecular weight is 345 g/mol. The number of rotatable bonds is 5. The van der Waals surface area contributed by atoms with Crippen molar-refractivity contribution in [3.8, 4) is 10.6 Å². The van der Waals surface area contributed by atoms with E-state index in [-0.39, 0.29) is 0 Å². The number of carbonyl (C=O) groups is 1. The lowest BCUT2D eigenvalue weighted by Gasteiger charge is -2.08. The monoisotopic (exact) mass is 345 g/mol. The van der Waals surface area contributed by atoms with Gasteiger partial charge in [-0.1, -0.05) is 6.07 Å². The predicted octanol–water partition coefficient (Wildman–Crippen LogP) is 4.66. The smallest absolute Gasteiger partial charge is 0.411 e. The van der Waals surface area contributed by atoms with Crippen molar-refractivity contribution in [1.29, 1.82) is 0 Å². The Morgan fingerprint density at radius 2 is 2.17 bits per heavy atom. The van der Waals surface area contributed by atoms with Gasteiger partial charge in [0.25, 0.3) is 0 Å². The van der Waals surface area contributed by atoms with E-state index in [9.17, 15) is 4.79 Å². The number of hydrogen-bond acceptors (Lipinski definition) is 6. The molecule has 0 fully saturated rings. The zero-order chi connectivity index (χ0) is 16.1. The zero-order valence-corrected chi connectivity index (χ0v) is 14.0. The number of carbonyl (C=O) groups excluding carboxylic acids is 1. The van der Waals surface area contributed by atoms with E-state index in [2.05, 4.69) is 37.2 Å². The predicted molar refractivity (Wildman–Crippen MR) is 95.2 cm³/mol. The molecule has 2 heterocycles. The van der Waals surface area contributed by atoms with Crippen molar-refractivity contribution in [2.24, 2.45) is 0 Å². The summed E-state index contributed by atoms with van der Waals surface area (Å²) < 4.78 is 4.59. The molecule has 1 aromatic carbocycles. The Hall–Kier alpha value is -2.38. The minimum atomic E-state index is -0.481. The molecule has 0 aliphatic carbocycles. The van der Waals surface area contributed by atoms with Gasteiger partial charge in [0, 0.05) is 33.4 Å². The van der Waals surface area contributed by atoms with Gasteiger partial charge < -0.3 is 10.1 Å². The van der Waals surface area contributed by atoms with E-state index in [0.717, 1.165) is 21.1 Å². The highest BCUT2D eigenvalue weighted by Crippen LogP contribution is 2.27. The maximum absolute atomic E-state index is 11.2. The Kier molecular flexibility index (Phi) is 4.89. The molecular formula is C16H15N3O2S2. The van der Waals surface area contributed by atoms with Gasteiger partial charge in [0.15, 0.2) is 0 Å². The van der Waals surface area contributed by atoms with Gasteiger partial charge in [-0.3, -0.25) is 5.32 Å². The molecule has 0 bridgehead atoms. The lowest BCUT2D eigenvalue weighted by molar-refractivity contribution is 0.187. The molecule has 0 atom stereocenters. The second kappa shape index (κ2) is 7.26. The summed E-state index contributed by atoms with van der Waals surface area (Å²) in [6.07, 6.45) is 1.41. The van der Waals surface area contributed by atoms with Gasteiger partial charge in [-0.25, -0.2) is 9.78 Å². The van der Waals surface area contributed by atoms with E-state index < -0.39 is 6.09 Å². The molecule has 0 saturated carbocycles. The van der Waals surface area contributed by atoms with Crippen molar-refractivity contribution >= 4 is 40.1 Å². The van der Waals surface area contributed by atoms with E-state index >= 15 is 0 Å². The third kappa shape index (κ3) is 4.08. The van der Waals surface area contributed by atoms with Gasteiger partial charge in [-0.2, -0.15) is 11.3 Å². The van der Waals surface area contributed by atoms with Crippen LogP contribution in [0.2, 0.25) is 0 Å². The highest BCUT2D eigenvalue weighted by Gasteiger charge is 2.06. The summed E-state index contributed by atoms with van der Waals surface area (Å²) in [6.45, 7) is 0.684. The number of amides is 1. The van der Waals surface area contributed by atoms with Crippen LogP contribution >= 0.6 is 22.7 Å².